The Labute approximate surface area is 144 Å². The number of hydrogen-bond acceptors (Lipinski definition) is 4. The zero-order valence-corrected chi connectivity index (χ0v) is 15.4. The highest BCUT2D eigenvalue weighted by Gasteiger charge is 2.24. The largest absolute Gasteiger partial charge is 0.464 e. The summed E-state index contributed by atoms with van der Waals surface area (Å²) in [5, 5.41) is 6.97. The van der Waals surface area contributed by atoms with Crippen molar-refractivity contribution in [3.63, 3.8) is 0 Å². The van der Waals surface area contributed by atoms with Crippen molar-refractivity contribution in [3.8, 4) is 0 Å². The maximum absolute atomic E-state index is 12.5. The molecule has 1 N–H and O–H groups in total. The SMILES string of the molecule is CCCn1nccc1C(=O)NC(CCCC(C)CC)C(=O)OCC. The minimum absolute atomic E-state index is 0.275. The van der Waals surface area contributed by atoms with Crippen LogP contribution in [0.15, 0.2) is 12.3 Å². The van der Waals surface area contributed by atoms with E-state index in [1.807, 2.05) is 6.92 Å². The van der Waals surface area contributed by atoms with Gasteiger partial charge >= 0.3 is 5.97 Å². The molecule has 0 radical (unpaired) electrons. The maximum atomic E-state index is 12.5. The van der Waals surface area contributed by atoms with Gasteiger partial charge in [-0.2, -0.15) is 5.10 Å². The van der Waals surface area contributed by atoms with Crippen molar-refractivity contribution in [1.82, 2.24) is 15.1 Å². The molecule has 136 valence electrons. The Morgan fingerprint density at radius 1 is 1.29 bits per heavy atom. The van der Waals surface area contributed by atoms with E-state index in [2.05, 4.69) is 24.3 Å². The summed E-state index contributed by atoms with van der Waals surface area (Å²) >= 11 is 0. The fraction of sp³-hybridized carbons (Fsp3) is 0.722. The van der Waals surface area contributed by atoms with Crippen molar-refractivity contribution in [2.45, 2.75) is 72.4 Å². The van der Waals surface area contributed by atoms with Gasteiger partial charge in [-0.05, 0) is 31.7 Å². The Bertz CT molecular complexity index is 513. The number of amides is 1. The minimum atomic E-state index is -0.605. The summed E-state index contributed by atoms with van der Waals surface area (Å²) in [6.45, 7) is 9.13. The van der Waals surface area contributed by atoms with E-state index < -0.39 is 6.04 Å². The van der Waals surface area contributed by atoms with Crippen LogP contribution in [-0.2, 0) is 16.1 Å². The molecule has 1 rings (SSSR count). The second-order valence-electron chi connectivity index (χ2n) is 6.16. The third-order valence-electron chi connectivity index (χ3n) is 4.15. The summed E-state index contributed by atoms with van der Waals surface area (Å²) in [4.78, 5) is 24.6. The number of rotatable bonds is 11. The number of carbonyl (C=O) groups is 2. The van der Waals surface area contributed by atoms with Gasteiger partial charge in [0.1, 0.15) is 11.7 Å². The molecule has 6 heteroatoms. The standard InChI is InChI=1S/C18H31N3O3/c1-5-13-21-16(11-12-19-21)17(22)20-15(18(23)24-7-3)10-8-9-14(4)6-2/h11-12,14-15H,5-10,13H2,1-4H3,(H,20,22). The van der Waals surface area contributed by atoms with Crippen LogP contribution in [0.2, 0.25) is 0 Å². The molecular formula is C18H31N3O3. The number of esters is 1. The van der Waals surface area contributed by atoms with Gasteiger partial charge in [0.25, 0.3) is 5.91 Å². The molecule has 2 atom stereocenters. The van der Waals surface area contributed by atoms with Crippen LogP contribution in [0, 0.1) is 5.92 Å². The van der Waals surface area contributed by atoms with Gasteiger partial charge in [0, 0.05) is 12.7 Å². The smallest absolute Gasteiger partial charge is 0.328 e. The summed E-state index contributed by atoms with van der Waals surface area (Å²) < 4.78 is 6.77. The van der Waals surface area contributed by atoms with Crippen LogP contribution >= 0.6 is 0 Å². The molecular weight excluding hydrogens is 306 g/mol. The van der Waals surface area contributed by atoms with E-state index in [-0.39, 0.29) is 11.9 Å². The van der Waals surface area contributed by atoms with Gasteiger partial charge in [-0.25, -0.2) is 4.79 Å². The van der Waals surface area contributed by atoms with Crippen molar-refractivity contribution >= 4 is 11.9 Å². The van der Waals surface area contributed by atoms with Gasteiger partial charge in [-0.15, -0.1) is 0 Å². The Morgan fingerprint density at radius 2 is 2.04 bits per heavy atom. The molecule has 0 saturated heterocycles. The van der Waals surface area contributed by atoms with Gasteiger partial charge < -0.3 is 10.1 Å². The molecule has 0 bridgehead atoms. The topological polar surface area (TPSA) is 73.2 Å². The van der Waals surface area contributed by atoms with Crippen LogP contribution in [0.4, 0.5) is 0 Å². The van der Waals surface area contributed by atoms with E-state index in [1.165, 1.54) is 0 Å². The Kier molecular flexibility index (Phi) is 9.12. The second kappa shape index (κ2) is 10.8. The Balaban J connectivity index is 2.70. The molecule has 0 saturated carbocycles. The molecule has 1 heterocycles. The van der Waals surface area contributed by atoms with E-state index in [0.29, 0.717) is 31.2 Å². The van der Waals surface area contributed by atoms with Crippen LogP contribution in [-0.4, -0.2) is 34.3 Å². The molecule has 0 fully saturated rings. The quantitative estimate of drug-likeness (QED) is 0.630. The summed E-state index contributed by atoms with van der Waals surface area (Å²) in [5.41, 5.74) is 0.480. The second-order valence-corrected chi connectivity index (χ2v) is 6.16. The van der Waals surface area contributed by atoms with E-state index in [1.54, 1.807) is 23.9 Å². The monoisotopic (exact) mass is 337 g/mol. The first-order chi connectivity index (χ1) is 11.5. The van der Waals surface area contributed by atoms with Crippen LogP contribution in [0.25, 0.3) is 0 Å². The molecule has 0 aliphatic heterocycles. The summed E-state index contributed by atoms with van der Waals surface area (Å²) in [7, 11) is 0. The molecule has 0 spiro atoms. The van der Waals surface area contributed by atoms with E-state index >= 15 is 0 Å². The van der Waals surface area contributed by atoms with Gasteiger partial charge in [-0.3, -0.25) is 9.48 Å². The molecule has 24 heavy (non-hydrogen) atoms. The van der Waals surface area contributed by atoms with Gasteiger partial charge in [-0.1, -0.05) is 40.0 Å². The lowest BCUT2D eigenvalue weighted by Gasteiger charge is -2.18. The highest BCUT2D eigenvalue weighted by molar-refractivity contribution is 5.95. The van der Waals surface area contributed by atoms with Crippen molar-refractivity contribution in [1.29, 1.82) is 0 Å². The first-order valence-electron chi connectivity index (χ1n) is 9.02. The predicted molar refractivity (Wildman–Crippen MR) is 93.7 cm³/mol. The van der Waals surface area contributed by atoms with E-state index in [0.717, 1.165) is 25.7 Å². The molecule has 0 aliphatic carbocycles. The van der Waals surface area contributed by atoms with Gasteiger partial charge in [0.2, 0.25) is 0 Å². The van der Waals surface area contributed by atoms with Gasteiger partial charge in [0.05, 0.1) is 6.61 Å². The average molecular weight is 337 g/mol. The lowest BCUT2D eigenvalue weighted by Crippen LogP contribution is -2.42. The lowest BCUT2D eigenvalue weighted by molar-refractivity contribution is -0.145. The number of ether oxygens (including phenoxy) is 1. The number of aromatic nitrogens is 2. The van der Waals surface area contributed by atoms with Crippen LogP contribution in [0.1, 0.15) is 70.3 Å². The third-order valence-corrected chi connectivity index (χ3v) is 4.15. The van der Waals surface area contributed by atoms with Crippen LogP contribution in [0.5, 0.6) is 0 Å². The zero-order chi connectivity index (χ0) is 17.9. The number of carbonyl (C=O) groups excluding carboxylic acids is 2. The molecule has 0 aromatic carbocycles. The number of nitrogens with one attached hydrogen (secondary N) is 1. The highest BCUT2D eigenvalue weighted by atomic mass is 16.5. The molecule has 1 aromatic heterocycles. The molecule has 1 amide bonds. The first kappa shape index (κ1) is 20.2. The van der Waals surface area contributed by atoms with Crippen molar-refractivity contribution in [2.24, 2.45) is 5.92 Å². The van der Waals surface area contributed by atoms with Crippen molar-refractivity contribution in [2.75, 3.05) is 6.61 Å². The highest BCUT2D eigenvalue weighted by Crippen LogP contribution is 2.13. The average Bonchev–Trinajstić information content (AvgIpc) is 3.02. The summed E-state index contributed by atoms with van der Waals surface area (Å²) in [6, 6.07) is 1.07. The zero-order valence-electron chi connectivity index (χ0n) is 15.4. The first-order valence-corrected chi connectivity index (χ1v) is 9.02. The van der Waals surface area contributed by atoms with E-state index in [4.69, 9.17) is 4.74 Å². The lowest BCUT2D eigenvalue weighted by atomic mass is 9.99. The van der Waals surface area contributed by atoms with Crippen molar-refractivity contribution < 1.29 is 14.3 Å². The fourth-order valence-corrected chi connectivity index (χ4v) is 2.51. The summed E-state index contributed by atoms with van der Waals surface area (Å²) in [5.74, 6) is -0.0198. The van der Waals surface area contributed by atoms with Crippen LogP contribution in [0.3, 0.4) is 0 Å². The Hall–Kier alpha value is -1.85. The molecule has 1 aromatic rings. The molecule has 0 aliphatic rings. The number of aryl methyl sites for hydroxylation is 1. The van der Waals surface area contributed by atoms with Crippen molar-refractivity contribution in [3.05, 3.63) is 18.0 Å². The predicted octanol–water partition coefficient (Wildman–Crippen LogP) is 3.17. The molecule has 2 unspecified atom stereocenters. The van der Waals surface area contributed by atoms with Crippen LogP contribution < -0.4 is 5.32 Å². The Morgan fingerprint density at radius 3 is 2.67 bits per heavy atom. The summed E-state index contributed by atoms with van der Waals surface area (Å²) in [6.07, 6.45) is 6.12. The van der Waals surface area contributed by atoms with E-state index in [9.17, 15) is 9.59 Å². The normalized spacial score (nSPS) is 13.3. The fourth-order valence-electron chi connectivity index (χ4n) is 2.51. The van der Waals surface area contributed by atoms with Gasteiger partial charge in [0.15, 0.2) is 0 Å². The maximum Gasteiger partial charge on any atom is 0.328 e. The minimum Gasteiger partial charge on any atom is -0.464 e. The number of nitrogens with zero attached hydrogens (tertiary/aromatic N) is 2. The molecule has 6 nitrogen and oxygen atoms in total. The number of hydrogen-bond donors (Lipinski definition) is 1. The third kappa shape index (κ3) is 6.34.